The smallest absolute Gasteiger partial charge is 0.290 e. The first kappa shape index (κ1) is 16.3. The first-order valence-corrected chi connectivity index (χ1v) is 9.01. The molecule has 0 N–H and O–H groups in total. The lowest BCUT2D eigenvalue weighted by atomic mass is 9.87. The molecule has 2 unspecified atom stereocenters. The predicted molar refractivity (Wildman–Crippen MR) is 88.8 cm³/mol. The molecule has 0 radical (unpaired) electrons. The Hall–Kier alpha value is -1.58. The monoisotopic (exact) mass is 317 g/mol. The lowest BCUT2D eigenvalue weighted by molar-refractivity contribution is 0.0463. The number of amides is 1. The number of carbonyl (C=O) groups excluding carboxylic acids is 2. The molecule has 1 aliphatic carbocycles. The molecule has 3 rings (SSSR count). The summed E-state index contributed by atoms with van der Waals surface area (Å²) in [5.41, 5.74) is 1.43. The van der Waals surface area contributed by atoms with E-state index in [1.165, 1.54) is 6.42 Å². The van der Waals surface area contributed by atoms with Crippen LogP contribution in [0.3, 0.4) is 0 Å². The summed E-state index contributed by atoms with van der Waals surface area (Å²) >= 11 is 0. The summed E-state index contributed by atoms with van der Waals surface area (Å²) in [5, 5.41) is 0. The summed E-state index contributed by atoms with van der Waals surface area (Å²) in [7, 11) is 0. The predicted octanol–water partition coefficient (Wildman–Crippen LogP) is 4.15. The van der Waals surface area contributed by atoms with Crippen LogP contribution < -0.4 is 0 Å². The van der Waals surface area contributed by atoms with Crippen LogP contribution in [-0.4, -0.2) is 29.2 Å². The number of hydrogen-bond donors (Lipinski definition) is 0. The largest absolute Gasteiger partial charge is 0.455 e. The fraction of sp³-hybridized carbons (Fsp3) is 0.684. The van der Waals surface area contributed by atoms with E-state index in [2.05, 4.69) is 13.8 Å². The van der Waals surface area contributed by atoms with Gasteiger partial charge in [0.15, 0.2) is 11.5 Å². The Kier molecular flexibility index (Phi) is 4.60. The Balaban J connectivity index is 1.92. The van der Waals surface area contributed by atoms with Gasteiger partial charge in [0.2, 0.25) is 0 Å². The van der Waals surface area contributed by atoms with Gasteiger partial charge in [-0.25, -0.2) is 0 Å². The molecule has 1 amide bonds. The lowest BCUT2D eigenvalue weighted by Gasteiger charge is -2.39. The third kappa shape index (κ3) is 2.84. The van der Waals surface area contributed by atoms with Crippen molar-refractivity contribution in [1.29, 1.82) is 0 Å². The molecule has 2 atom stereocenters. The number of nitrogens with zero attached hydrogens (tertiary/aromatic N) is 1. The van der Waals surface area contributed by atoms with E-state index in [9.17, 15) is 9.59 Å². The molecular weight excluding hydrogens is 290 g/mol. The number of carbonyl (C=O) groups is 2. The van der Waals surface area contributed by atoms with Crippen LogP contribution in [0.2, 0.25) is 0 Å². The van der Waals surface area contributed by atoms with Crippen LogP contribution in [0.4, 0.5) is 0 Å². The van der Waals surface area contributed by atoms with Crippen LogP contribution in [-0.2, 0) is 6.42 Å². The number of fused-ring (bicyclic) bond motifs is 1. The minimum atomic E-state index is -0.0188. The van der Waals surface area contributed by atoms with Crippen LogP contribution in [0.15, 0.2) is 4.42 Å². The van der Waals surface area contributed by atoms with Crippen molar-refractivity contribution < 1.29 is 14.0 Å². The zero-order valence-electron chi connectivity index (χ0n) is 14.5. The molecule has 2 aliphatic rings. The highest BCUT2D eigenvalue weighted by Crippen LogP contribution is 2.33. The second-order valence-corrected chi connectivity index (χ2v) is 7.11. The molecule has 2 heterocycles. The van der Waals surface area contributed by atoms with Gasteiger partial charge in [0.05, 0.1) is 5.56 Å². The van der Waals surface area contributed by atoms with E-state index in [4.69, 9.17) is 4.42 Å². The SMILES string of the molecule is CCCC1C(C)CCCN1C(=O)c1oc2c(c1C)C(=O)CCC2. The number of hydrogen-bond acceptors (Lipinski definition) is 3. The summed E-state index contributed by atoms with van der Waals surface area (Å²) in [6.45, 7) is 7.07. The van der Waals surface area contributed by atoms with Gasteiger partial charge in [0, 0.05) is 31.0 Å². The number of aryl methyl sites for hydroxylation is 1. The zero-order chi connectivity index (χ0) is 16.6. The number of Topliss-reactive ketones (excluding diaryl/α,β-unsaturated/α-hetero) is 1. The van der Waals surface area contributed by atoms with Crippen molar-refractivity contribution in [3.63, 3.8) is 0 Å². The Morgan fingerprint density at radius 3 is 2.78 bits per heavy atom. The molecule has 1 aromatic rings. The maximum Gasteiger partial charge on any atom is 0.290 e. The van der Waals surface area contributed by atoms with Gasteiger partial charge in [-0.3, -0.25) is 9.59 Å². The van der Waals surface area contributed by atoms with Crippen LogP contribution >= 0.6 is 0 Å². The van der Waals surface area contributed by atoms with Crippen LogP contribution in [0, 0.1) is 12.8 Å². The lowest BCUT2D eigenvalue weighted by Crippen LogP contribution is -2.47. The number of likely N-dealkylation sites (tertiary alicyclic amines) is 1. The Bertz CT molecular complexity index is 616. The van der Waals surface area contributed by atoms with Gasteiger partial charge in [0.25, 0.3) is 5.91 Å². The second kappa shape index (κ2) is 6.50. The van der Waals surface area contributed by atoms with Gasteiger partial charge in [-0.1, -0.05) is 20.3 Å². The van der Waals surface area contributed by atoms with Crippen LogP contribution in [0.5, 0.6) is 0 Å². The maximum absolute atomic E-state index is 13.1. The highest BCUT2D eigenvalue weighted by Gasteiger charge is 2.36. The molecular formula is C19H27NO3. The van der Waals surface area contributed by atoms with E-state index >= 15 is 0 Å². The topological polar surface area (TPSA) is 50.5 Å². The molecule has 0 saturated carbocycles. The molecule has 1 fully saturated rings. The summed E-state index contributed by atoms with van der Waals surface area (Å²) in [6.07, 6.45) is 6.50. The van der Waals surface area contributed by atoms with Crippen molar-refractivity contribution in [3.8, 4) is 0 Å². The van der Waals surface area contributed by atoms with Gasteiger partial charge in [-0.2, -0.15) is 0 Å². The molecule has 0 spiro atoms. The Morgan fingerprint density at radius 2 is 2.09 bits per heavy atom. The minimum absolute atomic E-state index is 0.0188. The number of ketones is 1. The van der Waals surface area contributed by atoms with Gasteiger partial charge in [-0.15, -0.1) is 0 Å². The average Bonchev–Trinajstić information content (AvgIpc) is 2.87. The molecule has 1 aromatic heterocycles. The maximum atomic E-state index is 13.1. The highest BCUT2D eigenvalue weighted by molar-refractivity contribution is 6.03. The fourth-order valence-corrected chi connectivity index (χ4v) is 4.22. The molecule has 4 heteroatoms. The van der Waals surface area contributed by atoms with E-state index < -0.39 is 0 Å². The van der Waals surface area contributed by atoms with E-state index in [0.29, 0.717) is 29.7 Å². The third-order valence-corrected chi connectivity index (χ3v) is 5.46. The quantitative estimate of drug-likeness (QED) is 0.841. The standard InChI is InChI=1S/C19H27NO3/c1-4-7-14-12(2)8-6-11-20(14)19(22)18-13(3)17-15(21)9-5-10-16(17)23-18/h12,14H,4-11H2,1-3H3. The summed E-state index contributed by atoms with van der Waals surface area (Å²) in [4.78, 5) is 27.2. The van der Waals surface area contributed by atoms with E-state index in [1.54, 1.807) is 0 Å². The van der Waals surface area contributed by atoms with Crippen molar-refractivity contribution >= 4 is 11.7 Å². The van der Waals surface area contributed by atoms with Gasteiger partial charge >= 0.3 is 0 Å². The van der Waals surface area contributed by atoms with E-state index in [0.717, 1.165) is 50.0 Å². The first-order valence-electron chi connectivity index (χ1n) is 9.01. The number of furan rings is 1. The van der Waals surface area contributed by atoms with Crippen molar-refractivity contribution in [1.82, 2.24) is 4.90 Å². The van der Waals surface area contributed by atoms with E-state index in [-0.39, 0.29) is 11.7 Å². The van der Waals surface area contributed by atoms with Crippen molar-refractivity contribution in [2.24, 2.45) is 5.92 Å². The van der Waals surface area contributed by atoms with Crippen molar-refractivity contribution in [3.05, 3.63) is 22.6 Å². The summed E-state index contributed by atoms with van der Waals surface area (Å²) in [5.74, 6) is 1.76. The van der Waals surface area contributed by atoms with Crippen molar-refractivity contribution in [2.45, 2.75) is 71.8 Å². The minimum Gasteiger partial charge on any atom is -0.455 e. The van der Waals surface area contributed by atoms with Crippen molar-refractivity contribution in [2.75, 3.05) is 6.54 Å². The van der Waals surface area contributed by atoms with Crippen LogP contribution in [0.1, 0.15) is 84.6 Å². The molecule has 126 valence electrons. The number of piperidine rings is 1. The Labute approximate surface area is 138 Å². The van der Waals surface area contributed by atoms with Gasteiger partial charge in [0.1, 0.15) is 5.76 Å². The fourth-order valence-electron chi connectivity index (χ4n) is 4.22. The molecule has 1 aliphatic heterocycles. The third-order valence-electron chi connectivity index (χ3n) is 5.46. The highest BCUT2D eigenvalue weighted by atomic mass is 16.4. The van der Waals surface area contributed by atoms with Gasteiger partial charge in [-0.05, 0) is 38.5 Å². The van der Waals surface area contributed by atoms with Gasteiger partial charge < -0.3 is 9.32 Å². The second-order valence-electron chi connectivity index (χ2n) is 7.11. The molecule has 1 saturated heterocycles. The molecule has 23 heavy (non-hydrogen) atoms. The zero-order valence-corrected chi connectivity index (χ0v) is 14.5. The summed E-state index contributed by atoms with van der Waals surface area (Å²) < 4.78 is 5.87. The Morgan fingerprint density at radius 1 is 1.30 bits per heavy atom. The van der Waals surface area contributed by atoms with Crippen LogP contribution in [0.25, 0.3) is 0 Å². The first-order chi connectivity index (χ1) is 11.0. The van der Waals surface area contributed by atoms with E-state index in [1.807, 2.05) is 11.8 Å². The summed E-state index contributed by atoms with van der Waals surface area (Å²) in [6, 6.07) is 0.290. The average molecular weight is 317 g/mol. The molecule has 4 nitrogen and oxygen atoms in total. The molecule has 0 aromatic carbocycles. The number of rotatable bonds is 3. The molecule has 0 bridgehead atoms. The normalized spacial score (nSPS) is 24.7.